The van der Waals surface area contributed by atoms with E-state index in [2.05, 4.69) is 79.4 Å². The molecule has 43 heteroatoms. The molecule has 16 atom stereocenters. The predicted molar refractivity (Wildman–Crippen MR) is 379 cm³/mol. The fourth-order valence-electron chi connectivity index (χ4n) is 11.7. The van der Waals surface area contributed by atoms with Gasteiger partial charge in [0.2, 0.25) is 88.6 Å². The Balaban J connectivity index is 1.68. The highest BCUT2D eigenvalue weighted by Crippen LogP contribution is 2.21. The second-order valence-corrected chi connectivity index (χ2v) is 26.8. The van der Waals surface area contributed by atoms with Crippen LogP contribution in [0.2, 0.25) is 0 Å². The molecule has 4 fully saturated rings. The number of nitrogens with one attached hydrogen (secondary N) is 14. The van der Waals surface area contributed by atoms with Gasteiger partial charge in [-0.2, -0.15) is 0 Å². The average molecular weight is 1550 g/mol. The Morgan fingerprint density at radius 3 is 1.94 bits per heavy atom. The van der Waals surface area contributed by atoms with Crippen molar-refractivity contribution in [2.24, 2.45) is 28.1 Å². The van der Waals surface area contributed by atoms with Gasteiger partial charge in [0.1, 0.15) is 91.3 Å². The lowest BCUT2D eigenvalue weighted by Crippen LogP contribution is -2.62. The van der Waals surface area contributed by atoms with Crippen molar-refractivity contribution >= 4 is 118 Å². The number of aliphatic carboxylic acids is 2. The van der Waals surface area contributed by atoms with Crippen LogP contribution < -0.4 is 91.6 Å². The molecule has 1 aromatic carbocycles. The van der Waals surface area contributed by atoms with Gasteiger partial charge in [-0.3, -0.25) is 91.3 Å². The van der Waals surface area contributed by atoms with Crippen LogP contribution in [0, 0.1) is 5.92 Å². The number of carbonyl (C=O) groups is 19. The number of aliphatic hydroxyl groups is 1. The van der Waals surface area contributed by atoms with Gasteiger partial charge in [-0.15, -0.1) is 0 Å². The Morgan fingerprint density at radius 1 is 0.664 bits per heavy atom. The first-order valence-electron chi connectivity index (χ1n) is 35.7. The molecule has 4 saturated heterocycles. The van der Waals surface area contributed by atoms with Gasteiger partial charge in [0.05, 0.1) is 38.5 Å². The summed E-state index contributed by atoms with van der Waals surface area (Å²) in [7, 11) is 0. The smallest absolute Gasteiger partial charge is 0.328 e. The van der Waals surface area contributed by atoms with Crippen LogP contribution in [0.3, 0.4) is 0 Å². The second-order valence-electron chi connectivity index (χ2n) is 26.8. The van der Waals surface area contributed by atoms with Crippen molar-refractivity contribution in [3.05, 3.63) is 35.9 Å². The minimum absolute atomic E-state index is 0.000135. The van der Waals surface area contributed by atoms with Gasteiger partial charge in [0.15, 0.2) is 5.96 Å². The van der Waals surface area contributed by atoms with Gasteiger partial charge < -0.3 is 121 Å². The summed E-state index contributed by atoms with van der Waals surface area (Å²) in [5, 5.41) is 62.0. The number of fused-ring (bicyclic) bond motifs is 11. The monoisotopic (exact) mass is 1550 g/mol. The molecule has 0 aromatic heterocycles. The number of carboxylic acid groups (broad SMARTS) is 2. The van der Waals surface area contributed by atoms with Crippen molar-refractivity contribution in [3.8, 4) is 0 Å². The number of guanidine groups is 1. The summed E-state index contributed by atoms with van der Waals surface area (Å²) >= 11 is 0. The molecule has 43 nitrogen and oxygen atoms in total. The Bertz CT molecular complexity index is 3600. The summed E-state index contributed by atoms with van der Waals surface area (Å²) in [6, 6.07) is -17.5. The molecule has 23 N–H and O–H groups in total. The van der Waals surface area contributed by atoms with Gasteiger partial charge >= 0.3 is 23.9 Å². The number of aliphatic hydroxyl groups excluding tert-OH is 1. The first-order valence-corrected chi connectivity index (χ1v) is 35.7. The summed E-state index contributed by atoms with van der Waals surface area (Å²) in [6.07, 6.45) is -7.81. The van der Waals surface area contributed by atoms with Crippen LogP contribution in [0.15, 0.2) is 35.3 Å². The van der Waals surface area contributed by atoms with Gasteiger partial charge in [0.25, 0.3) is 0 Å². The molecule has 4 aliphatic heterocycles. The van der Waals surface area contributed by atoms with E-state index in [1.54, 1.807) is 44.2 Å². The maximum Gasteiger partial charge on any atom is 0.328 e. The van der Waals surface area contributed by atoms with E-state index in [1.165, 1.54) is 13.8 Å². The van der Waals surface area contributed by atoms with Gasteiger partial charge in [-0.1, -0.05) is 50.6 Å². The zero-order chi connectivity index (χ0) is 81.6. The molecule has 0 aliphatic carbocycles. The van der Waals surface area contributed by atoms with Crippen molar-refractivity contribution in [1.82, 2.24) is 79.3 Å². The van der Waals surface area contributed by atoms with Crippen molar-refractivity contribution in [3.63, 3.8) is 0 Å². The number of benzene rings is 1. The van der Waals surface area contributed by atoms with Gasteiger partial charge in [0, 0.05) is 32.5 Å². The summed E-state index contributed by atoms with van der Waals surface area (Å²) in [6.45, 7) is 3.14. The predicted octanol–water partition coefficient (Wildman–Crippen LogP) is -9.47. The quantitative estimate of drug-likeness (QED) is 0.0222. The molecule has 0 saturated carbocycles. The third-order valence-corrected chi connectivity index (χ3v) is 18.2. The van der Waals surface area contributed by atoms with Crippen molar-refractivity contribution < 1.29 is 116 Å². The van der Waals surface area contributed by atoms with Gasteiger partial charge in [-0.05, 0) is 83.6 Å². The molecular formula is C67H99N19O24. The normalized spacial score (nSPS) is 25.5. The first-order chi connectivity index (χ1) is 52.0. The lowest BCUT2D eigenvalue weighted by molar-refractivity contribution is -0.155. The second kappa shape index (κ2) is 43.4. The number of rotatable bonds is 22. The Hall–Kier alpha value is -11.7. The van der Waals surface area contributed by atoms with Gasteiger partial charge in [-0.25, -0.2) is 4.79 Å². The molecule has 0 radical (unpaired) electrons. The standard InChI is InChI=1S/C67H99N19O24/c1-6-31(2)51(68)63(104)74-32(3)53(94)85-52-34(5)110-50(93)27-42-60(101)80-40(25-48(90)91)58(99)81-41-26-49(92)109-30-44(61(102)82-42)84-62(103)45-18-13-23-86(45)65(106)33(4)75-55(96)36(77-56(97)37(79-64(52)105)17-12-22-72-67(69)70)16-10-11-21-71-46(88)20-19-38(78-59(41)100)54(95)73-28-47(89)76-39(24-35-14-8-7-9-15-35)57(98)83-43(29-87)66(107)108/h7-9,14-15,31-34,36-45,51-52,87H,6,10-13,16-30,68H2,1-5H3,(H,71,88)(H,73,95)(H,74,104)(H,75,96)(H,76,89)(H,77,97)(H,78,100)(H,79,105)(H,80,101)(H,81,99)(H,82,102)(H,83,98)(H,84,103)(H,85,94)(H,90,91)(H,107,108)(H4,69,70,72)/t31-,32-,33-,34+,36-,37-,38-,39-,40-,41-,42-,43-,44-,45-,51-,52-/m0/s1. The number of hydrogen-bond donors (Lipinski definition) is 20. The highest BCUT2D eigenvalue weighted by molar-refractivity contribution is 6.02. The van der Waals surface area contributed by atoms with Crippen LogP contribution in [-0.4, -0.2) is 269 Å². The topological polar surface area (TPSA) is 666 Å². The first kappa shape index (κ1) is 89.0. The Labute approximate surface area is 630 Å². The minimum atomic E-state index is -2.35. The fraction of sp³-hybridized carbons (Fsp3) is 0.612. The number of carboxylic acids is 2. The number of nitrogens with two attached hydrogens (primary N) is 3. The SMILES string of the molecule is CC[C@H](C)[C@H](N)C(=O)N[C@@H](C)C(=O)N[C@@H]1C(=O)N[C@@H](CCCN=C(N)N)C(=O)N[C@H]2CCCCNC(=O)CC[C@@H](C(=O)NCC(=O)N[C@@H](Cc3ccccc3)C(=O)N[C@@H](CO)C(=O)O)NC(=O)[C@@H]3CC(=O)OC[C@H](NC(=O)[C@@H]4CCCN4C(=O)[C@H](C)NC2=O)C(=O)N[C@@H](CC(=O)O[C@@H]1C)C(=O)N[C@@H](CC(=O)O)C(=O)N3. The number of hydrogen-bond acceptors (Lipinski definition) is 24. The molecule has 15 amide bonds. The van der Waals surface area contributed by atoms with E-state index in [0.29, 0.717) is 12.0 Å². The third kappa shape index (κ3) is 28.2. The fourth-order valence-corrected chi connectivity index (χ4v) is 11.7. The number of esters is 2. The summed E-state index contributed by atoms with van der Waals surface area (Å²) < 4.78 is 11.1. The van der Waals surface area contributed by atoms with Crippen LogP contribution in [0.5, 0.6) is 0 Å². The van der Waals surface area contributed by atoms with Crippen LogP contribution in [-0.2, 0) is 107 Å². The summed E-state index contributed by atoms with van der Waals surface area (Å²) in [5.74, 6) is -24.9. The van der Waals surface area contributed by atoms with Crippen LogP contribution >= 0.6 is 0 Å². The van der Waals surface area contributed by atoms with E-state index >= 15 is 0 Å². The molecule has 0 spiro atoms. The maximum atomic E-state index is 14.9. The number of cyclic esters (lactones) is 1. The average Bonchev–Trinajstić information content (AvgIpc) is 1.47. The number of aliphatic imine (C=N–C) groups is 1. The van der Waals surface area contributed by atoms with E-state index in [-0.39, 0.29) is 82.9 Å². The molecule has 4 aliphatic rings. The summed E-state index contributed by atoms with van der Waals surface area (Å²) in [4.78, 5) is 273. The van der Waals surface area contributed by atoms with E-state index in [9.17, 15) is 106 Å². The zero-order valence-electron chi connectivity index (χ0n) is 61.3. The van der Waals surface area contributed by atoms with E-state index in [4.69, 9.17) is 26.7 Å². The highest BCUT2D eigenvalue weighted by Gasteiger charge is 2.43. The number of amides is 15. The van der Waals surface area contributed by atoms with Crippen molar-refractivity contribution in [1.29, 1.82) is 0 Å². The lowest BCUT2D eigenvalue weighted by Gasteiger charge is -2.30. The molecule has 5 rings (SSSR count). The zero-order valence-corrected chi connectivity index (χ0v) is 61.3. The largest absolute Gasteiger partial charge is 0.481 e. The molecule has 110 heavy (non-hydrogen) atoms. The number of nitrogens with zero attached hydrogens (tertiary/aromatic N) is 2. The van der Waals surface area contributed by atoms with Crippen molar-refractivity contribution in [2.75, 3.05) is 39.4 Å². The lowest BCUT2D eigenvalue weighted by atomic mass is 9.99. The Morgan fingerprint density at radius 2 is 1.28 bits per heavy atom. The molecule has 4 heterocycles. The van der Waals surface area contributed by atoms with E-state index in [0.717, 1.165) is 11.8 Å². The third-order valence-electron chi connectivity index (χ3n) is 18.2. The van der Waals surface area contributed by atoms with Crippen LogP contribution in [0.25, 0.3) is 0 Å². The highest BCUT2D eigenvalue weighted by atomic mass is 16.5. The Kier molecular flexibility index (Phi) is 35.1. The van der Waals surface area contributed by atoms with Crippen molar-refractivity contribution in [2.45, 2.75) is 215 Å². The summed E-state index contributed by atoms with van der Waals surface area (Å²) in [5.41, 5.74) is 17.7. The number of carbonyl (C=O) groups excluding carboxylic acids is 17. The number of ether oxygens (including phenoxy) is 2. The maximum absolute atomic E-state index is 14.9. The van der Waals surface area contributed by atoms with E-state index < -0.39 is 255 Å². The minimum Gasteiger partial charge on any atom is -0.481 e. The molecular weight excluding hydrogens is 1450 g/mol. The molecule has 4 bridgehead atoms. The molecule has 606 valence electrons. The van der Waals surface area contributed by atoms with Crippen LogP contribution in [0.1, 0.15) is 124 Å². The molecule has 1 aromatic rings. The van der Waals surface area contributed by atoms with E-state index in [1.807, 2.05) is 0 Å². The molecule has 0 unspecified atom stereocenters. The van der Waals surface area contributed by atoms with Crippen LogP contribution in [0.4, 0.5) is 0 Å².